The highest BCUT2D eigenvalue weighted by molar-refractivity contribution is 6.39. The summed E-state index contributed by atoms with van der Waals surface area (Å²) in [6.07, 6.45) is 0.644. The van der Waals surface area contributed by atoms with Crippen LogP contribution in [0.3, 0.4) is 0 Å². The van der Waals surface area contributed by atoms with Crippen LogP contribution in [0.1, 0.15) is 5.56 Å². The van der Waals surface area contributed by atoms with E-state index in [9.17, 15) is 24.8 Å². The number of hydrogen-bond donors (Lipinski definition) is 1. The smallest absolute Gasteiger partial charge is 0.378 e. The van der Waals surface area contributed by atoms with Gasteiger partial charge in [0.05, 0.1) is 12.0 Å². The summed E-state index contributed by atoms with van der Waals surface area (Å²) >= 11 is 0. The minimum Gasteiger partial charge on any atom is -0.507 e. The lowest BCUT2D eigenvalue weighted by atomic mass is 10.1. The van der Waals surface area contributed by atoms with Crippen LogP contribution in [0.5, 0.6) is 0 Å². The molecule has 94 valence electrons. The molecule has 0 saturated heterocycles. The molecule has 0 unspecified atom stereocenters. The van der Waals surface area contributed by atoms with E-state index in [2.05, 4.69) is 4.74 Å². The van der Waals surface area contributed by atoms with E-state index in [1.54, 1.807) is 0 Å². The average Bonchev–Trinajstić information content (AvgIpc) is 2.37. The van der Waals surface area contributed by atoms with Gasteiger partial charge in [0, 0.05) is 23.8 Å². The van der Waals surface area contributed by atoms with E-state index in [0.29, 0.717) is 6.08 Å². The lowest BCUT2D eigenvalue weighted by Gasteiger charge is -1.99. The van der Waals surface area contributed by atoms with E-state index in [0.717, 1.165) is 13.2 Å². The fourth-order valence-electron chi connectivity index (χ4n) is 1.15. The lowest BCUT2D eigenvalue weighted by molar-refractivity contribution is -0.384. The van der Waals surface area contributed by atoms with E-state index >= 15 is 0 Å². The van der Waals surface area contributed by atoms with Crippen LogP contribution >= 0.6 is 0 Å². The Bertz CT molecular complexity index is 534. The molecule has 0 heterocycles. The van der Waals surface area contributed by atoms with E-state index in [1.165, 1.54) is 18.2 Å². The molecular formula is C11H9NO6. The summed E-state index contributed by atoms with van der Waals surface area (Å²) in [5, 5.41) is 20.1. The van der Waals surface area contributed by atoms with Crippen LogP contribution in [0, 0.1) is 10.1 Å². The number of hydrogen-bond acceptors (Lipinski definition) is 6. The Morgan fingerprint density at radius 1 is 1.44 bits per heavy atom. The number of rotatable bonds is 4. The van der Waals surface area contributed by atoms with Crippen molar-refractivity contribution in [2.24, 2.45) is 0 Å². The molecule has 7 heteroatoms. The van der Waals surface area contributed by atoms with Crippen LogP contribution in [0.4, 0.5) is 5.69 Å². The predicted octanol–water partition coefficient (Wildman–Crippen LogP) is 1.24. The van der Waals surface area contributed by atoms with Gasteiger partial charge in [-0.25, -0.2) is 4.79 Å². The molecule has 0 aliphatic heterocycles. The standard InChI is InChI=1S/C11H9NO6/c1-18-11(15)10(14)6-9(13)7-3-2-4-8(5-7)12(16)17/h2-6,13H,1H3/b9-6-. The Kier molecular flexibility index (Phi) is 4.14. The minimum absolute atomic E-state index is 0.0569. The highest BCUT2D eigenvalue weighted by atomic mass is 16.6. The van der Waals surface area contributed by atoms with Crippen molar-refractivity contribution in [2.75, 3.05) is 7.11 Å². The molecule has 0 saturated carbocycles. The fraction of sp³-hybridized carbons (Fsp3) is 0.0909. The Labute approximate surface area is 101 Å². The number of esters is 1. The van der Waals surface area contributed by atoms with Crippen LogP contribution in [-0.2, 0) is 14.3 Å². The highest BCUT2D eigenvalue weighted by Gasteiger charge is 2.14. The van der Waals surface area contributed by atoms with Crippen LogP contribution in [-0.4, -0.2) is 28.9 Å². The maximum atomic E-state index is 11.1. The number of nitro groups is 1. The molecule has 1 rings (SSSR count). The van der Waals surface area contributed by atoms with Gasteiger partial charge < -0.3 is 9.84 Å². The highest BCUT2D eigenvalue weighted by Crippen LogP contribution is 2.18. The zero-order valence-corrected chi connectivity index (χ0v) is 9.32. The van der Waals surface area contributed by atoms with Gasteiger partial charge in [-0.2, -0.15) is 0 Å². The second-order valence-corrected chi connectivity index (χ2v) is 3.19. The summed E-state index contributed by atoms with van der Waals surface area (Å²) in [6, 6.07) is 5.03. The lowest BCUT2D eigenvalue weighted by Crippen LogP contribution is -2.13. The molecule has 7 nitrogen and oxygen atoms in total. The normalized spacial score (nSPS) is 10.8. The van der Waals surface area contributed by atoms with E-state index in [1.807, 2.05) is 0 Å². The summed E-state index contributed by atoms with van der Waals surface area (Å²) < 4.78 is 4.16. The number of nitro benzene ring substituents is 1. The molecule has 0 fully saturated rings. The first kappa shape index (κ1) is 13.4. The largest absolute Gasteiger partial charge is 0.507 e. The number of non-ortho nitro benzene ring substituents is 1. The molecule has 0 aliphatic rings. The molecule has 0 spiro atoms. The average molecular weight is 251 g/mol. The molecule has 0 radical (unpaired) electrons. The van der Waals surface area contributed by atoms with Crippen molar-refractivity contribution in [3.63, 3.8) is 0 Å². The van der Waals surface area contributed by atoms with Crippen LogP contribution < -0.4 is 0 Å². The summed E-state index contributed by atoms with van der Waals surface area (Å²) in [7, 11) is 1.03. The first-order chi connectivity index (χ1) is 8.45. The van der Waals surface area contributed by atoms with E-state index < -0.39 is 22.4 Å². The number of aliphatic hydroxyl groups is 1. The van der Waals surface area contributed by atoms with Gasteiger partial charge in [-0.05, 0) is 0 Å². The van der Waals surface area contributed by atoms with Crippen molar-refractivity contribution in [1.82, 2.24) is 0 Å². The molecule has 0 bridgehead atoms. The summed E-state index contributed by atoms with van der Waals surface area (Å²) in [6.45, 7) is 0. The quantitative estimate of drug-likeness (QED) is 0.215. The van der Waals surface area contributed by atoms with Crippen molar-refractivity contribution in [2.45, 2.75) is 0 Å². The maximum absolute atomic E-state index is 11.1. The molecule has 18 heavy (non-hydrogen) atoms. The van der Waals surface area contributed by atoms with Gasteiger partial charge in [-0.1, -0.05) is 12.1 Å². The SMILES string of the molecule is COC(=O)C(=O)/C=C(\O)c1cccc([N+](=O)[O-])c1. The van der Waals surface area contributed by atoms with Crippen molar-refractivity contribution in [3.05, 3.63) is 46.0 Å². The van der Waals surface area contributed by atoms with Crippen molar-refractivity contribution in [3.8, 4) is 0 Å². The molecular weight excluding hydrogens is 242 g/mol. The zero-order chi connectivity index (χ0) is 13.7. The van der Waals surface area contributed by atoms with Gasteiger partial charge in [0.15, 0.2) is 0 Å². The molecule has 0 aromatic heterocycles. The van der Waals surface area contributed by atoms with Crippen LogP contribution in [0.25, 0.3) is 5.76 Å². The Hall–Kier alpha value is -2.70. The summed E-state index contributed by atoms with van der Waals surface area (Å²) in [4.78, 5) is 31.8. The maximum Gasteiger partial charge on any atom is 0.378 e. The number of carbonyl (C=O) groups is 2. The van der Waals surface area contributed by atoms with Gasteiger partial charge in [0.1, 0.15) is 5.76 Å². The van der Waals surface area contributed by atoms with E-state index in [-0.39, 0.29) is 11.3 Å². The number of carbonyl (C=O) groups excluding carboxylic acids is 2. The molecule has 0 aliphatic carbocycles. The monoisotopic (exact) mass is 251 g/mol. The molecule has 0 atom stereocenters. The Morgan fingerprint density at radius 3 is 2.67 bits per heavy atom. The van der Waals surface area contributed by atoms with E-state index in [4.69, 9.17) is 0 Å². The molecule has 1 aromatic rings. The number of aliphatic hydroxyl groups excluding tert-OH is 1. The van der Waals surface area contributed by atoms with Gasteiger partial charge in [0.25, 0.3) is 11.5 Å². The van der Waals surface area contributed by atoms with Gasteiger partial charge in [-0.3, -0.25) is 14.9 Å². The fourth-order valence-corrected chi connectivity index (χ4v) is 1.15. The number of ketones is 1. The number of benzene rings is 1. The van der Waals surface area contributed by atoms with Crippen molar-refractivity contribution < 1.29 is 24.4 Å². The van der Waals surface area contributed by atoms with Gasteiger partial charge in [-0.15, -0.1) is 0 Å². The van der Waals surface area contributed by atoms with Crippen molar-refractivity contribution >= 4 is 23.2 Å². The van der Waals surface area contributed by atoms with Crippen molar-refractivity contribution in [1.29, 1.82) is 0 Å². The van der Waals surface area contributed by atoms with Gasteiger partial charge >= 0.3 is 5.97 Å². The van der Waals surface area contributed by atoms with Crippen LogP contribution in [0.15, 0.2) is 30.3 Å². The summed E-state index contributed by atoms with van der Waals surface area (Å²) in [5.41, 5.74) is -0.181. The zero-order valence-electron chi connectivity index (χ0n) is 9.32. The number of methoxy groups -OCH3 is 1. The second kappa shape index (κ2) is 5.58. The number of nitrogens with zero attached hydrogens (tertiary/aromatic N) is 1. The first-order valence-electron chi connectivity index (χ1n) is 4.73. The predicted molar refractivity (Wildman–Crippen MR) is 60.7 cm³/mol. The minimum atomic E-state index is -1.13. The third kappa shape index (κ3) is 3.14. The van der Waals surface area contributed by atoms with Gasteiger partial charge in [0.2, 0.25) is 0 Å². The Morgan fingerprint density at radius 2 is 2.11 bits per heavy atom. The third-order valence-electron chi connectivity index (χ3n) is 2.01. The van der Waals surface area contributed by atoms with Crippen LogP contribution in [0.2, 0.25) is 0 Å². The topological polar surface area (TPSA) is 107 Å². The first-order valence-corrected chi connectivity index (χ1v) is 4.73. The molecule has 0 amide bonds. The number of ether oxygens (including phenoxy) is 1. The summed E-state index contributed by atoms with van der Waals surface area (Å²) in [5.74, 6) is -2.73. The third-order valence-corrected chi connectivity index (χ3v) is 2.01. The molecule has 1 N–H and O–H groups in total. The second-order valence-electron chi connectivity index (χ2n) is 3.19. The molecule has 1 aromatic carbocycles. The Balaban J connectivity index is 3.03.